The molecule has 2 aromatic carbocycles. The van der Waals surface area contributed by atoms with E-state index in [9.17, 15) is 13.2 Å². The third kappa shape index (κ3) is 4.08. The van der Waals surface area contributed by atoms with Crippen molar-refractivity contribution in [3.05, 3.63) is 47.5 Å². The number of benzene rings is 2. The molecule has 0 amide bonds. The number of methoxy groups -OCH3 is 2. The molecular formula is C18H21NO6S. The molecule has 0 aromatic heterocycles. The lowest BCUT2D eigenvalue weighted by Crippen LogP contribution is -2.16. The smallest absolute Gasteiger partial charge is 0.338 e. The summed E-state index contributed by atoms with van der Waals surface area (Å²) < 4.78 is 43.4. The molecule has 0 aliphatic rings. The van der Waals surface area contributed by atoms with Crippen LogP contribution in [0.15, 0.2) is 41.3 Å². The van der Waals surface area contributed by atoms with E-state index in [0.717, 1.165) is 0 Å². The van der Waals surface area contributed by atoms with E-state index in [1.807, 2.05) is 0 Å². The summed E-state index contributed by atoms with van der Waals surface area (Å²) in [5.74, 6) is 0.0469. The molecule has 2 aromatic rings. The zero-order valence-electron chi connectivity index (χ0n) is 15.0. The normalized spacial score (nSPS) is 10.9. The number of rotatable bonds is 7. The van der Waals surface area contributed by atoms with Gasteiger partial charge in [-0.2, -0.15) is 0 Å². The van der Waals surface area contributed by atoms with Crippen LogP contribution in [-0.2, 0) is 14.8 Å². The van der Waals surface area contributed by atoms with Gasteiger partial charge in [-0.15, -0.1) is 0 Å². The van der Waals surface area contributed by atoms with Gasteiger partial charge in [0.1, 0.15) is 16.4 Å². The van der Waals surface area contributed by atoms with E-state index in [2.05, 4.69) is 4.72 Å². The van der Waals surface area contributed by atoms with Gasteiger partial charge in [-0.3, -0.25) is 4.72 Å². The van der Waals surface area contributed by atoms with Gasteiger partial charge in [0.25, 0.3) is 10.0 Å². The first-order chi connectivity index (χ1) is 12.3. The minimum absolute atomic E-state index is 0.0692. The van der Waals surface area contributed by atoms with Crippen molar-refractivity contribution < 1.29 is 27.4 Å². The second kappa shape index (κ2) is 8.09. The summed E-state index contributed by atoms with van der Waals surface area (Å²) in [6, 6.07) is 9.21. The largest absolute Gasteiger partial charge is 0.497 e. The van der Waals surface area contributed by atoms with Gasteiger partial charge >= 0.3 is 5.97 Å². The maximum absolute atomic E-state index is 12.8. The first-order valence-corrected chi connectivity index (χ1v) is 9.34. The second-order valence-electron chi connectivity index (χ2n) is 5.32. The van der Waals surface area contributed by atoms with E-state index in [-0.39, 0.29) is 22.9 Å². The number of anilines is 1. The summed E-state index contributed by atoms with van der Waals surface area (Å²) in [4.78, 5) is 11.9. The van der Waals surface area contributed by atoms with Crippen molar-refractivity contribution in [2.45, 2.75) is 18.7 Å². The number of hydrogen-bond donors (Lipinski definition) is 1. The van der Waals surface area contributed by atoms with Gasteiger partial charge in [0.15, 0.2) is 0 Å². The predicted octanol–water partition coefficient (Wildman–Crippen LogP) is 2.99. The van der Waals surface area contributed by atoms with Crippen molar-refractivity contribution in [1.29, 1.82) is 0 Å². The number of ether oxygens (including phenoxy) is 3. The first-order valence-electron chi connectivity index (χ1n) is 7.85. The van der Waals surface area contributed by atoms with Crippen molar-refractivity contribution in [2.24, 2.45) is 0 Å². The Morgan fingerprint density at radius 3 is 2.46 bits per heavy atom. The standard InChI is InChI=1S/C18H21NO6S/c1-5-25-18(20)14-7-6-8-15(12(14)2)19-26(21,22)17-11-13(23-3)9-10-16(17)24-4/h6-11,19H,5H2,1-4H3. The van der Waals surface area contributed by atoms with Crippen LogP contribution in [0.1, 0.15) is 22.8 Å². The monoisotopic (exact) mass is 379 g/mol. The molecule has 0 aliphatic heterocycles. The van der Waals surface area contributed by atoms with Crippen LogP contribution in [-0.4, -0.2) is 35.2 Å². The Bertz CT molecular complexity index is 908. The Labute approximate surface area is 152 Å². The van der Waals surface area contributed by atoms with Gasteiger partial charge in [-0.25, -0.2) is 13.2 Å². The maximum atomic E-state index is 12.8. The molecule has 26 heavy (non-hydrogen) atoms. The summed E-state index contributed by atoms with van der Waals surface area (Å²) >= 11 is 0. The highest BCUT2D eigenvalue weighted by Gasteiger charge is 2.22. The number of carbonyl (C=O) groups is 1. The molecule has 0 bridgehead atoms. The van der Waals surface area contributed by atoms with Crippen molar-refractivity contribution in [1.82, 2.24) is 0 Å². The lowest BCUT2D eigenvalue weighted by Gasteiger charge is -2.15. The molecular weight excluding hydrogens is 358 g/mol. The van der Waals surface area contributed by atoms with E-state index in [0.29, 0.717) is 16.9 Å². The van der Waals surface area contributed by atoms with Crippen LogP contribution in [0, 0.1) is 6.92 Å². The molecule has 0 fully saturated rings. The molecule has 1 N–H and O–H groups in total. The number of nitrogens with one attached hydrogen (secondary N) is 1. The quantitative estimate of drug-likeness (QED) is 0.744. The van der Waals surface area contributed by atoms with Gasteiger partial charge in [0.2, 0.25) is 0 Å². The van der Waals surface area contributed by atoms with Crippen molar-refractivity contribution in [3.63, 3.8) is 0 Å². The van der Waals surface area contributed by atoms with Crippen molar-refractivity contribution in [2.75, 3.05) is 25.5 Å². The van der Waals surface area contributed by atoms with Gasteiger partial charge in [0, 0.05) is 6.07 Å². The average molecular weight is 379 g/mol. The highest BCUT2D eigenvalue weighted by Crippen LogP contribution is 2.31. The zero-order chi connectivity index (χ0) is 19.3. The number of esters is 1. The third-order valence-corrected chi connectivity index (χ3v) is 5.12. The zero-order valence-corrected chi connectivity index (χ0v) is 15.8. The van der Waals surface area contributed by atoms with Crippen LogP contribution in [0.3, 0.4) is 0 Å². The van der Waals surface area contributed by atoms with Gasteiger partial charge in [0.05, 0.1) is 32.1 Å². The fraction of sp³-hybridized carbons (Fsp3) is 0.278. The van der Waals surface area contributed by atoms with Gasteiger partial charge < -0.3 is 14.2 Å². The van der Waals surface area contributed by atoms with Crippen LogP contribution >= 0.6 is 0 Å². The summed E-state index contributed by atoms with van der Waals surface area (Å²) in [7, 11) is -1.15. The lowest BCUT2D eigenvalue weighted by molar-refractivity contribution is 0.0525. The molecule has 0 atom stereocenters. The predicted molar refractivity (Wildman–Crippen MR) is 97.5 cm³/mol. The Balaban J connectivity index is 2.45. The molecule has 0 unspecified atom stereocenters. The maximum Gasteiger partial charge on any atom is 0.338 e. The van der Waals surface area contributed by atoms with E-state index < -0.39 is 16.0 Å². The fourth-order valence-corrected chi connectivity index (χ4v) is 3.68. The summed E-state index contributed by atoms with van der Waals surface area (Å²) in [6.07, 6.45) is 0. The molecule has 7 nitrogen and oxygen atoms in total. The lowest BCUT2D eigenvalue weighted by atomic mass is 10.1. The molecule has 0 heterocycles. The second-order valence-corrected chi connectivity index (χ2v) is 6.97. The topological polar surface area (TPSA) is 90.9 Å². The Kier molecular flexibility index (Phi) is 6.10. The number of hydrogen-bond acceptors (Lipinski definition) is 6. The molecule has 0 spiro atoms. The summed E-state index contributed by atoms with van der Waals surface area (Å²) in [6.45, 7) is 3.58. The van der Waals surface area contributed by atoms with E-state index >= 15 is 0 Å². The van der Waals surface area contributed by atoms with Crippen LogP contribution in [0.25, 0.3) is 0 Å². The highest BCUT2D eigenvalue weighted by atomic mass is 32.2. The van der Waals surface area contributed by atoms with Crippen LogP contribution < -0.4 is 14.2 Å². The van der Waals surface area contributed by atoms with Gasteiger partial charge in [-0.05, 0) is 43.7 Å². The molecule has 0 aliphatic carbocycles. The number of carbonyl (C=O) groups excluding carboxylic acids is 1. The molecule has 2 rings (SSSR count). The Morgan fingerprint density at radius 2 is 1.85 bits per heavy atom. The third-order valence-electron chi connectivity index (χ3n) is 3.73. The molecule has 140 valence electrons. The van der Waals surface area contributed by atoms with E-state index in [4.69, 9.17) is 14.2 Å². The van der Waals surface area contributed by atoms with Crippen LogP contribution in [0.2, 0.25) is 0 Å². The first kappa shape index (κ1) is 19.6. The molecule has 8 heteroatoms. The van der Waals surface area contributed by atoms with Gasteiger partial charge in [-0.1, -0.05) is 6.07 Å². The number of sulfonamides is 1. The Morgan fingerprint density at radius 1 is 1.12 bits per heavy atom. The SMILES string of the molecule is CCOC(=O)c1cccc(NS(=O)(=O)c2cc(OC)ccc2OC)c1C. The van der Waals surface area contributed by atoms with E-state index in [1.165, 1.54) is 26.4 Å². The van der Waals surface area contributed by atoms with Crippen molar-refractivity contribution >= 4 is 21.7 Å². The highest BCUT2D eigenvalue weighted by molar-refractivity contribution is 7.92. The minimum Gasteiger partial charge on any atom is -0.497 e. The molecule has 0 saturated heterocycles. The molecule has 0 radical (unpaired) electrons. The van der Waals surface area contributed by atoms with E-state index in [1.54, 1.807) is 38.1 Å². The van der Waals surface area contributed by atoms with Crippen LogP contribution in [0.4, 0.5) is 5.69 Å². The minimum atomic E-state index is -3.97. The molecule has 0 saturated carbocycles. The van der Waals surface area contributed by atoms with Crippen LogP contribution in [0.5, 0.6) is 11.5 Å². The summed E-state index contributed by atoms with van der Waals surface area (Å²) in [5, 5.41) is 0. The fourth-order valence-electron chi connectivity index (χ4n) is 2.37. The average Bonchev–Trinajstić information content (AvgIpc) is 2.62. The van der Waals surface area contributed by atoms with Crippen molar-refractivity contribution in [3.8, 4) is 11.5 Å². The summed E-state index contributed by atoms with van der Waals surface area (Å²) in [5.41, 5.74) is 1.04. The Hall–Kier alpha value is -2.74.